The van der Waals surface area contributed by atoms with Crippen LogP contribution in [0.1, 0.15) is 32.6 Å². The van der Waals surface area contributed by atoms with Gasteiger partial charge in [-0.15, -0.1) is 11.8 Å². The lowest BCUT2D eigenvalue weighted by atomic mass is 10.2. The minimum Gasteiger partial charge on any atom is -0.312 e. The summed E-state index contributed by atoms with van der Waals surface area (Å²) in [5, 5.41) is 3.84. The van der Waals surface area contributed by atoms with Crippen molar-refractivity contribution in [2.45, 2.75) is 38.0 Å². The minimum atomic E-state index is 0.272. The van der Waals surface area contributed by atoms with Gasteiger partial charge < -0.3 is 10.2 Å². The zero-order valence-electron chi connectivity index (χ0n) is 9.16. The predicted molar refractivity (Wildman–Crippen MR) is 63.3 cm³/mol. The van der Waals surface area contributed by atoms with Gasteiger partial charge in [0.1, 0.15) is 0 Å². The Bertz CT molecular complexity index is 278. The molecular weight excluding hydrogens is 208 g/mol. The molecule has 84 valence electrons. The summed E-state index contributed by atoms with van der Waals surface area (Å²) in [6, 6.07) is 0. The number of carbonyl (C=O) groups excluding carboxylic acids is 1. The Balaban J connectivity index is 1.62. The van der Waals surface area contributed by atoms with Crippen molar-refractivity contribution in [3.63, 3.8) is 0 Å². The largest absolute Gasteiger partial charge is 0.312 e. The number of nitrogens with zero attached hydrogens (tertiary/aromatic N) is 1. The molecule has 15 heavy (non-hydrogen) atoms. The van der Waals surface area contributed by atoms with Crippen LogP contribution in [0.4, 0.5) is 0 Å². The second-order valence-electron chi connectivity index (χ2n) is 4.06. The summed E-state index contributed by atoms with van der Waals surface area (Å²) in [5.74, 6) is 0.272. The molecule has 0 unspecified atom stereocenters. The molecule has 4 heteroatoms. The maximum atomic E-state index is 11.1. The molecule has 1 atom stereocenters. The van der Waals surface area contributed by atoms with Crippen molar-refractivity contribution in [2.75, 3.05) is 13.1 Å². The number of hydrogen-bond acceptors (Lipinski definition) is 3. The Morgan fingerprint density at radius 3 is 3.13 bits per heavy atom. The fourth-order valence-corrected chi connectivity index (χ4v) is 3.04. The number of amides is 1. The molecule has 2 aliphatic heterocycles. The van der Waals surface area contributed by atoms with Gasteiger partial charge in [0.2, 0.25) is 5.91 Å². The Morgan fingerprint density at radius 2 is 2.47 bits per heavy atom. The van der Waals surface area contributed by atoms with Gasteiger partial charge in [-0.2, -0.15) is 0 Å². The van der Waals surface area contributed by atoms with E-state index in [1.165, 1.54) is 24.2 Å². The summed E-state index contributed by atoms with van der Waals surface area (Å²) < 4.78 is 0. The van der Waals surface area contributed by atoms with Crippen molar-refractivity contribution >= 4 is 17.7 Å². The first-order valence-corrected chi connectivity index (χ1v) is 6.58. The van der Waals surface area contributed by atoms with Gasteiger partial charge in [-0.25, -0.2) is 0 Å². The van der Waals surface area contributed by atoms with Gasteiger partial charge in [-0.05, 0) is 13.0 Å². The SMILES string of the molecule is CCCCCNCC1=CN2C(=O)C[C@H]2S1. The van der Waals surface area contributed by atoms with E-state index in [0.29, 0.717) is 5.37 Å². The number of thioether (sulfide) groups is 1. The molecule has 1 fully saturated rings. The van der Waals surface area contributed by atoms with Crippen molar-refractivity contribution in [3.05, 3.63) is 11.1 Å². The highest BCUT2D eigenvalue weighted by atomic mass is 32.2. The number of unbranched alkanes of at least 4 members (excludes halogenated alkanes) is 2. The van der Waals surface area contributed by atoms with E-state index in [2.05, 4.69) is 12.2 Å². The van der Waals surface area contributed by atoms with Crippen molar-refractivity contribution < 1.29 is 4.79 Å². The second kappa shape index (κ2) is 5.03. The van der Waals surface area contributed by atoms with Gasteiger partial charge in [-0.1, -0.05) is 19.8 Å². The molecule has 3 nitrogen and oxygen atoms in total. The van der Waals surface area contributed by atoms with Gasteiger partial charge in [0.15, 0.2) is 0 Å². The topological polar surface area (TPSA) is 32.3 Å². The molecule has 0 aromatic rings. The Hall–Kier alpha value is -0.480. The molecule has 1 N–H and O–H groups in total. The monoisotopic (exact) mass is 226 g/mol. The van der Waals surface area contributed by atoms with E-state index in [1.54, 1.807) is 0 Å². The van der Waals surface area contributed by atoms with Crippen LogP contribution >= 0.6 is 11.8 Å². The third-order valence-electron chi connectivity index (χ3n) is 2.77. The highest BCUT2D eigenvalue weighted by Crippen LogP contribution is 2.40. The molecule has 0 saturated carbocycles. The molecule has 0 spiro atoms. The molecule has 0 radical (unpaired) electrons. The van der Waals surface area contributed by atoms with Crippen molar-refractivity contribution in [2.24, 2.45) is 0 Å². The highest BCUT2D eigenvalue weighted by molar-refractivity contribution is 8.04. The Kier molecular flexibility index (Phi) is 3.70. The van der Waals surface area contributed by atoms with Crippen LogP contribution in [0.5, 0.6) is 0 Å². The molecule has 0 aliphatic carbocycles. The maximum Gasteiger partial charge on any atom is 0.230 e. The average molecular weight is 226 g/mol. The zero-order chi connectivity index (χ0) is 10.7. The molecule has 2 rings (SSSR count). The first kappa shape index (κ1) is 11.0. The summed E-state index contributed by atoms with van der Waals surface area (Å²) in [6.07, 6.45) is 6.55. The number of carbonyl (C=O) groups is 1. The summed E-state index contributed by atoms with van der Waals surface area (Å²) in [6.45, 7) is 4.23. The van der Waals surface area contributed by atoms with Crippen LogP contribution in [-0.4, -0.2) is 29.3 Å². The summed E-state index contributed by atoms with van der Waals surface area (Å²) >= 11 is 1.83. The van der Waals surface area contributed by atoms with Crippen molar-refractivity contribution in [1.82, 2.24) is 10.2 Å². The lowest BCUT2D eigenvalue weighted by Gasteiger charge is -2.31. The summed E-state index contributed by atoms with van der Waals surface area (Å²) in [5.41, 5.74) is 0. The van der Waals surface area contributed by atoms with E-state index in [9.17, 15) is 4.79 Å². The van der Waals surface area contributed by atoms with Gasteiger partial charge in [0.25, 0.3) is 0 Å². The van der Waals surface area contributed by atoms with Gasteiger partial charge in [0.05, 0.1) is 11.8 Å². The number of rotatable bonds is 6. The third kappa shape index (κ3) is 2.55. The molecule has 1 saturated heterocycles. The van der Waals surface area contributed by atoms with Crippen LogP contribution in [0.2, 0.25) is 0 Å². The number of hydrogen-bond donors (Lipinski definition) is 1. The van der Waals surface area contributed by atoms with Gasteiger partial charge in [0, 0.05) is 17.6 Å². The fourth-order valence-electron chi connectivity index (χ4n) is 1.81. The lowest BCUT2D eigenvalue weighted by molar-refractivity contribution is -0.137. The van der Waals surface area contributed by atoms with Crippen LogP contribution in [0.25, 0.3) is 0 Å². The van der Waals surface area contributed by atoms with Crippen molar-refractivity contribution in [1.29, 1.82) is 0 Å². The normalized spacial score (nSPS) is 23.8. The molecule has 0 bridgehead atoms. The van der Waals surface area contributed by atoms with Crippen LogP contribution in [-0.2, 0) is 4.79 Å². The lowest BCUT2D eigenvalue weighted by Crippen LogP contribution is -2.44. The van der Waals surface area contributed by atoms with Crippen LogP contribution < -0.4 is 5.32 Å². The van der Waals surface area contributed by atoms with E-state index in [4.69, 9.17) is 0 Å². The van der Waals surface area contributed by atoms with Crippen LogP contribution in [0.3, 0.4) is 0 Å². The van der Waals surface area contributed by atoms with Gasteiger partial charge >= 0.3 is 0 Å². The predicted octanol–water partition coefficient (Wildman–Crippen LogP) is 1.91. The maximum absolute atomic E-state index is 11.1. The Morgan fingerprint density at radius 1 is 1.60 bits per heavy atom. The molecule has 1 amide bonds. The van der Waals surface area contributed by atoms with Crippen molar-refractivity contribution in [3.8, 4) is 0 Å². The smallest absolute Gasteiger partial charge is 0.230 e. The first-order valence-electron chi connectivity index (χ1n) is 5.70. The van der Waals surface area contributed by atoms with E-state index < -0.39 is 0 Å². The molecular formula is C11H18N2OS. The second-order valence-corrected chi connectivity index (χ2v) is 5.36. The molecule has 2 aliphatic rings. The van der Waals surface area contributed by atoms with Gasteiger partial charge in [-0.3, -0.25) is 4.79 Å². The summed E-state index contributed by atoms with van der Waals surface area (Å²) in [4.78, 5) is 14.3. The summed E-state index contributed by atoms with van der Waals surface area (Å²) in [7, 11) is 0. The quantitative estimate of drug-likeness (QED) is 0.554. The number of nitrogens with one attached hydrogen (secondary N) is 1. The van der Waals surface area contributed by atoms with Crippen LogP contribution in [0.15, 0.2) is 11.1 Å². The van der Waals surface area contributed by atoms with E-state index in [1.807, 2.05) is 22.9 Å². The minimum absolute atomic E-state index is 0.272. The molecule has 0 aromatic carbocycles. The van der Waals surface area contributed by atoms with E-state index >= 15 is 0 Å². The molecule has 2 heterocycles. The van der Waals surface area contributed by atoms with Crippen LogP contribution in [0, 0.1) is 0 Å². The molecule has 0 aromatic heterocycles. The fraction of sp³-hybridized carbons (Fsp3) is 0.727. The number of β-lactam (4-membered cyclic amide) rings is 1. The van der Waals surface area contributed by atoms with E-state index in [0.717, 1.165) is 19.5 Å². The standard InChI is InChI=1S/C11H18N2OS/c1-2-3-4-5-12-7-9-8-13-10(14)6-11(13)15-9/h8,11-12H,2-7H2,1H3/t11-/m1/s1. The average Bonchev–Trinajstić information content (AvgIpc) is 2.55. The first-order chi connectivity index (χ1) is 7.31. The van der Waals surface area contributed by atoms with E-state index in [-0.39, 0.29) is 5.91 Å². The zero-order valence-corrected chi connectivity index (χ0v) is 9.98. The number of fused-ring (bicyclic) bond motifs is 1. The third-order valence-corrected chi connectivity index (χ3v) is 3.99. The Labute approximate surface area is 95.3 Å². The highest BCUT2D eigenvalue weighted by Gasteiger charge is 2.40.